The van der Waals surface area contributed by atoms with Gasteiger partial charge in [-0.25, -0.2) is 0 Å². The number of nitrogens with two attached hydrogens (primary N) is 1. The van der Waals surface area contributed by atoms with E-state index >= 15 is 0 Å². The van der Waals surface area contributed by atoms with E-state index in [0.29, 0.717) is 13.2 Å². The zero-order valence-corrected chi connectivity index (χ0v) is 8.23. The molecule has 0 bridgehead atoms. The maximum absolute atomic E-state index is 5.52. The normalized spacial score (nSPS) is 10.1. The van der Waals surface area contributed by atoms with E-state index in [1.165, 1.54) is 0 Å². The largest absolute Gasteiger partial charge is 0.468 e. The summed E-state index contributed by atoms with van der Waals surface area (Å²) in [7, 11) is 1.63. The molecule has 4 nitrogen and oxygen atoms in total. The Labute approximate surface area is 83.6 Å². The second-order valence-corrected chi connectivity index (χ2v) is 2.73. The van der Waals surface area contributed by atoms with Crippen molar-refractivity contribution >= 4 is 5.69 Å². The number of methoxy groups -OCH3 is 1. The predicted molar refractivity (Wildman–Crippen MR) is 54.2 cm³/mol. The van der Waals surface area contributed by atoms with Crippen LogP contribution in [0.4, 0.5) is 5.69 Å². The summed E-state index contributed by atoms with van der Waals surface area (Å²) in [5.41, 5.74) is 6.24. The number of hydrogen-bond acceptors (Lipinski definition) is 4. The number of benzene rings is 1. The number of anilines is 1. The number of hydrogen-bond donors (Lipinski definition) is 1. The molecular formula is C10H15NO3. The zero-order valence-electron chi connectivity index (χ0n) is 8.23. The van der Waals surface area contributed by atoms with E-state index in [1.807, 2.05) is 0 Å². The van der Waals surface area contributed by atoms with Gasteiger partial charge in [0.15, 0.2) is 6.79 Å². The SMILES string of the molecule is COCCOCOc1ccc(N)cc1. The van der Waals surface area contributed by atoms with Crippen LogP contribution in [0.5, 0.6) is 5.75 Å². The summed E-state index contributed by atoms with van der Waals surface area (Å²) in [4.78, 5) is 0. The van der Waals surface area contributed by atoms with Gasteiger partial charge in [0.05, 0.1) is 13.2 Å². The Balaban J connectivity index is 2.15. The minimum Gasteiger partial charge on any atom is -0.468 e. The molecule has 2 N–H and O–H groups in total. The molecular weight excluding hydrogens is 182 g/mol. The van der Waals surface area contributed by atoms with Crippen molar-refractivity contribution in [1.82, 2.24) is 0 Å². The molecule has 0 aliphatic heterocycles. The Kier molecular flexibility index (Phi) is 4.82. The van der Waals surface area contributed by atoms with Gasteiger partial charge in [0.25, 0.3) is 0 Å². The van der Waals surface area contributed by atoms with Gasteiger partial charge in [-0.05, 0) is 24.3 Å². The fourth-order valence-electron chi connectivity index (χ4n) is 0.875. The third kappa shape index (κ3) is 4.11. The lowest BCUT2D eigenvalue weighted by Gasteiger charge is -2.06. The van der Waals surface area contributed by atoms with E-state index in [-0.39, 0.29) is 6.79 Å². The van der Waals surface area contributed by atoms with Crippen LogP contribution in [0, 0.1) is 0 Å². The highest BCUT2D eigenvalue weighted by Gasteiger charge is 1.92. The van der Waals surface area contributed by atoms with Gasteiger partial charge in [-0.15, -0.1) is 0 Å². The first kappa shape index (κ1) is 10.8. The standard InChI is InChI=1S/C10H15NO3/c1-12-6-7-13-8-14-10-4-2-9(11)3-5-10/h2-5H,6-8,11H2,1H3. The molecule has 1 aromatic rings. The maximum Gasteiger partial charge on any atom is 0.189 e. The van der Waals surface area contributed by atoms with Gasteiger partial charge in [0.2, 0.25) is 0 Å². The first-order valence-electron chi connectivity index (χ1n) is 4.38. The molecule has 0 saturated carbocycles. The molecule has 0 radical (unpaired) electrons. The van der Waals surface area contributed by atoms with Crippen LogP contribution in [-0.2, 0) is 9.47 Å². The summed E-state index contributed by atoms with van der Waals surface area (Å²) < 4.78 is 15.2. The third-order valence-corrected chi connectivity index (χ3v) is 1.62. The Morgan fingerprint density at radius 3 is 2.50 bits per heavy atom. The van der Waals surface area contributed by atoms with E-state index in [0.717, 1.165) is 11.4 Å². The zero-order chi connectivity index (χ0) is 10.2. The van der Waals surface area contributed by atoms with Crippen LogP contribution in [0.3, 0.4) is 0 Å². The summed E-state index contributed by atoms with van der Waals surface area (Å²) in [6, 6.07) is 7.17. The quantitative estimate of drug-likeness (QED) is 0.424. The molecule has 0 amide bonds. The first-order chi connectivity index (χ1) is 6.83. The van der Waals surface area contributed by atoms with E-state index in [2.05, 4.69) is 0 Å². The van der Waals surface area contributed by atoms with Gasteiger partial charge in [-0.2, -0.15) is 0 Å². The van der Waals surface area contributed by atoms with Crippen molar-refractivity contribution in [1.29, 1.82) is 0 Å². The predicted octanol–water partition coefficient (Wildman–Crippen LogP) is 1.27. The highest BCUT2D eigenvalue weighted by atomic mass is 16.7. The Morgan fingerprint density at radius 2 is 1.86 bits per heavy atom. The topological polar surface area (TPSA) is 53.7 Å². The van der Waals surface area contributed by atoms with Crippen LogP contribution in [0.25, 0.3) is 0 Å². The Hall–Kier alpha value is -1.26. The average molecular weight is 197 g/mol. The van der Waals surface area contributed by atoms with Gasteiger partial charge < -0.3 is 19.9 Å². The van der Waals surface area contributed by atoms with Crippen molar-refractivity contribution in [2.24, 2.45) is 0 Å². The van der Waals surface area contributed by atoms with Gasteiger partial charge in [-0.1, -0.05) is 0 Å². The molecule has 0 heterocycles. The molecule has 1 rings (SSSR count). The molecule has 0 aromatic heterocycles. The van der Waals surface area contributed by atoms with Crippen LogP contribution in [0.2, 0.25) is 0 Å². The molecule has 78 valence electrons. The van der Waals surface area contributed by atoms with Crippen molar-refractivity contribution in [2.75, 3.05) is 32.9 Å². The van der Waals surface area contributed by atoms with Gasteiger partial charge in [0.1, 0.15) is 5.75 Å². The Morgan fingerprint density at radius 1 is 1.14 bits per heavy atom. The smallest absolute Gasteiger partial charge is 0.189 e. The van der Waals surface area contributed by atoms with Crippen LogP contribution >= 0.6 is 0 Å². The molecule has 4 heteroatoms. The average Bonchev–Trinajstić information content (AvgIpc) is 2.21. The molecule has 0 unspecified atom stereocenters. The van der Waals surface area contributed by atoms with Crippen molar-refractivity contribution in [3.63, 3.8) is 0 Å². The molecule has 1 aromatic carbocycles. The lowest BCUT2D eigenvalue weighted by atomic mass is 10.3. The van der Waals surface area contributed by atoms with Gasteiger partial charge in [-0.3, -0.25) is 0 Å². The molecule has 14 heavy (non-hydrogen) atoms. The van der Waals surface area contributed by atoms with Crippen molar-refractivity contribution < 1.29 is 14.2 Å². The number of nitrogen functional groups attached to an aromatic ring is 1. The molecule has 0 aliphatic rings. The van der Waals surface area contributed by atoms with E-state index in [4.69, 9.17) is 19.9 Å². The van der Waals surface area contributed by atoms with E-state index in [1.54, 1.807) is 31.4 Å². The lowest BCUT2D eigenvalue weighted by molar-refractivity contribution is -0.00846. The number of rotatable bonds is 6. The highest BCUT2D eigenvalue weighted by molar-refractivity contribution is 5.41. The summed E-state index contributed by atoms with van der Waals surface area (Å²) >= 11 is 0. The minimum atomic E-state index is 0.229. The Bertz CT molecular complexity index is 248. The molecule has 0 fully saturated rings. The minimum absolute atomic E-state index is 0.229. The van der Waals surface area contributed by atoms with E-state index in [9.17, 15) is 0 Å². The monoisotopic (exact) mass is 197 g/mol. The summed E-state index contributed by atoms with van der Waals surface area (Å²) in [5, 5.41) is 0. The second-order valence-electron chi connectivity index (χ2n) is 2.73. The van der Waals surface area contributed by atoms with Gasteiger partial charge >= 0.3 is 0 Å². The molecule has 0 atom stereocenters. The van der Waals surface area contributed by atoms with Crippen molar-refractivity contribution in [3.05, 3.63) is 24.3 Å². The first-order valence-corrected chi connectivity index (χ1v) is 4.38. The van der Waals surface area contributed by atoms with Crippen LogP contribution in [0.15, 0.2) is 24.3 Å². The fourth-order valence-corrected chi connectivity index (χ4v) is 0.875. The maximum atomic E-state index is 5.52. The van der Waals surface area contributed by atoms with Crippen LogP contribution < -0.4 is 10.5 Å². The molecule has 0 saturated heterocycles. The van der Waals surface area contributed by atoms with Crippen LogP contribution in [0.1, 0.15) is 0 Å². The van der Waals surface area contributed by atoms with Gasteiger partial charge in [0, 0.05) is 12.8 Å². The highest BCUT2D eigenvalue weighted by Crippen LogP contribution is 2.12. The van der Waals surface area contributed by atoms with Crippen molar-refractivity contribution in [3.8, 4) is 5.75 Å². The summed E-state index contributed by atoms with van der Waals surface area (Å²) in [5.74, 6) is 0.747. The van der Waals surface area contributed by atoms with Crippen molar-refractivity contribution in [2.45, 2.75) is 0 Å². The lowest BCUT2D eigenvalue weighted by Crippen LogP contribution is -2.07. The fraction of sp³-hybridized carbons (Fsp3) is 0.400. The molecule has 0 spiro atoms. The molecule has 0 aliphatic carbocycles. The van der Waals surface area contributed by atoms with Crippen LogP contribution in [-0.4, -0.2) is 27.1 Å². The second kappa shape index (κ2) is 6.23. The summed E-state index contributed by atoms with van der Waals surface area (Å²) in [6.45, 7) is 1.34. The third-order valence-electron chi connectivity index (χ3n) is 1.62. The number of ether oxygens (including phenoxy) is 3. The van der Waals surface area contributed by atoms with E-state index < -0.39 is 0 Å². The summed E-state index contributed by atoms with van der Waals surface area (Å²) in [6.07, 6.45) is 0.